The summed E-state index contributed by atoms with van der Waals surface area (Å²) in [5.41, 5.74) is 1.16. The molecule has 0 aliphatic heterocycles. The Morgan fingerprint density at radius 1 is 1.12 bits per heavy atom. The zero-order chi connectivity index (χ0) is 18.2. The van der Waals surface area contributed by atoms with Crippen LogP contribution in [0.4, 0.5) is 0 Å². The van der Waals surface area contributed by atoms with E-state index in [1.807, 2.05) is 18.2 Å². The van der Waals surface area contributed by atoms with E-state index in [0.717, 1.165) is 11.8 Å². The fraction of sp³-hybridized carbons (Fsp3) is 0.650. The molecule has 1 aromatic carbocycles. The lowest BCUT2D eigenvalue weighted by Crippen LogP contribution is -2.42. The Balaban J connectivity index is 2.49. The molecule has 1 aromatic rings. The first-order valence-corrected chi connectivity index (χ1v) is 11.8. The highest BCUT2D eigenvalue weighted by Gasteiger charge is 2.37. The molecule has 0 heterocycles. The largest absolute Gasteiger partial charge is 0.417 e. The molecular weight excluding hydrogens is 316 g/mol. The highest BCUT2D eigenvalue weighted by Crippen LogP contribution is 2.37. The van der Waals surface area contributed by atoms with Gasteiger partial charge in [-0.15, -0.1) is 0 Å². The standard InChI is InChI=1S/C20H34O3Si/c1-17(14-23-24(5,6)20(2,3)4)19(12-13-21)16-22-15-18-10-8-7-9-11-18/h7-11,13,17,19H,12,14-16H2,1-6H3/t17-,19+/m0/s1. The van der Waals surface area contributed by atoms with Gasteiger partial charge in [0, 0.05) is 13.0 Å². The van der Waals surface area contributed by atoms with Crippen molar-refractivity contribution in [2.45, 2.75) is 58.9 Å². The van der Waals surface area contributed by atoms with Crippen LogP contribution >= 0.6 is 0 Å². The minimum Gasteiger partial charge on any atom is -0.417 e. The molecule has 0 fully saturated rings. The summed E-state index contributed by atoms with van der Waals surface area (Å²) >= 11 is 0. The second-order valence-corrected chi connectivity index (χ2v) is 13.0. The van der Waals surface area contributed by atoms with Crippen molar-refractivity contribution in [3.63, 3.8) is 0 Å². The monoisotopic (exact) mass is 350 g/mol. The Hall–Kier alpha value is -0.973. The molecule has 2 atom stereocenters. The van der Waals surface area contributed by atoms with Gasteiger partial charge in [-0.05, 0) is 35.5 Å². The normalized spacial score (nSPS) is 15.1. The molecule has 0 aromatic heterocycles. The Bertz CT molecular complexity index is 479. The summed E-state index contributed by atoms with van der Waals surface area (Å²) in [5, 5.41) is 0.205. The first-order valence-electron chi connectivity index (χ1n) is 8.86. The molecular formula is C20H34O3Si. The van der Waals surface area contributed by atoms with E-state index in [-0.39, 0.29) is 11.0 Å². The lowest BCUT2D eigenvalue weighted by molar-refractivity contribution is -0.109. The number of benzene rings is 1. The lowest BCUT2D eigenvalue weighted by atomic mass is 9.93. The van der Waals surface area contributed by atoms with Crippen LogP contribution in [0.3, 0.4) is 0 Å². The van der Waals surface area contributed by atoms with Crippen LogP contribution in [0.25, 0.3) is 0 Å². The summed E-state index contributed by atoms with van der Waals surface area (Å²) < 4.78 is 12.2. The number of ether oxygens (including phenoxy) is 1. The van der Waals surface area contributed by atoms with Crippen LogP contribution in [-0.4, -0.2) is 27.8 Å². The molecule has 0 bridgehead atoms. The van der Waals surface area contributed by atoms with Gasteiger partial charge in [0.15, 0.2) is 8.32 Å². The fourth-order valence-electron chi connectivity index (χ4n) is 2.18. The van der Waals surface area contributed by atoms with Gasteiger partial charge in [0.2, 0.25) is 0 Å². The molecule has 1 rings (SSSR count). The van der Waals surface area contributed by atoms with E-state index in [1.165, 1.54) is 0 Å². The van der Waals surface area contributed by atoms with E-state index in [4.69, 9.17) is 9.16 Å². The van der Waals surface area contributed by atoms with Gasteiger partial charge in [-0.25, -0.2) is 0 Å². The third kappa shape index (κ3) is 6.87. The molecule has 0 unspecified atom stereocenters. The number of carbonyl (C=O) groups is 1. The van der Waals surface area contributed by atoms with Crippen LogP contribution in [0.15, 0.2) is 30.3 Å². The quantitative estimate of drug-likeness (QED) is 0.437. The molecule has 0 saturated heterocycles. The number of hydrogen-bond acceptors (Lipinski definition) is 3. The summed E-state index contributed by atoms with van der Waals surface area (Å²) in [6, 6.07) is 10.1. The van der Waals surface area contributed by atoms with E-state index in [0.29, 0.717) is 32.2 Å². The Labute approximate surface area is 148 Å². The average Bonchev–Trinajstić information content (AvgIpc) is 2.52. The smallest absolute Gasteiger partial charge is 0.191 e. The summed E-state index contributed by atoms with van der Waals surface area (Å²) in [5.74, 6) is 0.510. The van der Waals surface area contributed by atoms with Crippen LogP contribution in [0.5, 0.6) is 0 Å². The van der Waals surface area contributed by atoms with Gasteiger partial charge in [-0.1, -0.05) is 58.0 Å². The molecule has 0 aliphatic rings. The summed E-state index contributed by atoms with van der Waals surface area (Å²) in [6.07, 6.45) is 1.52. The van der Waals surface area contributed by atoms with Crippen molar-refractivity contribution in [3.8, 4) is 0 Å². The summed E-state index contributed by atoms with van der Waals surface area (Å²) in [6.45, 7) is 15.3. The Morgan fingerprint density at radius 3 is 2.29 bits per heavy atom. The van der Waals surface area contributed by atoms with Crippen LogP contribution in [0.2, 0.25) is 18.1 Å². The fourth-order valence-corrected chi connectivity index (χ4v) is 3.30. The molecule has 0 radical (unpaired) electrons. The zero-order valence-electron chi connectivity index (χ0n) is 16.2. The SMILES string of the molecule is C[C@@H](CO[Si](C)(C)C(C)(C)C)[C@H](CC=O)COCc1ccccc1. The van der Waals surface area contributed by atoms with E-state index in [1.54, 1.807) is 0 Å². The van der Waals surface area contributed by atoms with Crippen LogP contribution < -0.4 is 0 Å². The van der Waals surface area contributed by atoms with Crippen LogP contribution in [0.1, 0.15) is 39.7 Å². The number of hydrogen-bond donors (Lipinski definition) is 0. The van der Waals surface area contributed by atoms with E-state index in [9.17, 15) is 4.79 Å². The maximum atomic E-state index is 11.0. The topological polar surface area (TPSA) is 35.5 Å². The average molecular weight is 351 g/mol. The van der Waals surface area contributed by atoms with Crippen LogP contribution in [0, 0.1) is 11.8 Å². The molecule has 0 aliphatic carbocycles. The zero-order valence-corrected chi connectivity index (χ0v) is 17.2. The van der Waals surface area contributed by atoms with Crippen LogP contribution in [-0.2, 0) is 20.6 Å². The first-order chi connectivity index (χ1) is 11.2. The van der Waals surface area contributed by atoms with Gasteiger partial charge in [0.25, 0.3) is 0 Å². The lowest BCUT2D eigenvalue weighted by Gasteiger charge is -2.37. The summed E-state index contributed by atoms with van der Waals surface area (Å²) in [4.78, 5) is 11.0. The predicted molar refractivity (Wildman–Crippen MR) is 103 cm³/mol. The van der Waals surface area contributed by atoms with Crippen molar-refractivity contribution in [2.75, 3.05) is 13.2 Å². The highest BCUT2D eigenvalue weighted by molar-refractivity contribution is 6.74. The third-order valence-corrected chi connectivity index (χ3v) is 9.66. The second-order valence-electron chi connectivity index (χ2n) is 8.21. The van der Waals surface area contributed by atoms with Gasteiger partial charge in [0.1, 0.15) is 6.29 Å². The van der Waals surface area contributed by atoms with Crippen molar-refractivity contribution in [1.82, 2.24) is 0 Å². The minimum atomic E-state index is -1.75. The number of carbonyl (C=O) groups excluding carboxylic acids is 1. The molecule has 0 spiro atoms. The maximum Gasteiger partial charge on any atom is 0.191 e. The maximum absolute atomic E-state index is 11.0. The molecule has 24 heavy (non-hydrogen) atoms. The Morgan fingerprint density at radius 2 is 1.75 bits per heavy atom. The van der Waals surface area contributed by atoms with Gasteiger partial charge >= 0.3 is 0 Å². The molecule has 0 amide bonds. The highest BCUT2D eigenvalue weighted by atomic mass is 28.4. The van der Waals surface area contributed by atoms with Gasteiger partial charge < -0.3 is 14.0 Å². The molecule has 136 valence electrons. The van der Waals surface area contributed by atoms with Gasteiger partial charge in [0.05, 0.1) is 13.2 Å². The molecule has 0 N–H and O–H groups in total. The van der Waals surface area contributed by atoms with Crippen molar-refractivity contribution < 1.29 is 14.0 Å². The molecule has 4 heteroatoms. The van der Waals surface area contributed by atoms with Gasteiger partial charge in [-0.3, -0.25) is 0 Å². The van der Waals surface area contributed by atoms with E-state index >= 15 is 0 Å². The van der Waals surface area contributed by atoms with Gasteiger partial charge in [-0.2, -0.15) is 0 Å². The second kappa shape index (κ2) is 9.49. The van der Waals surface area contributed by atoms with Crippen molar-refractivity contribution in [3.05, 3.63) is 35.9 Å². The van der Waals surface area contributed by atoms with Crippen molar-refractivity contribution in [1.29, 1.82) is 0 Å². The van der Waals surface area contributed by atoms with E-state index < -0.39 is 8.32 Å². The first kappa shape index (κ1) is 21.1. The predicted octanol–water partition coefficient (Wildman–Crippen LogP) is 5.07. The van der Waals surface area contributed by atoms with Crippen molar-refractivity contribution in [2.24, 2.45) is 11.8 Å². The van der Waals surface area contributed by atoms with E-state index in [2.05, 4.69) is 52.9 Å². The minimum absolute atomic E-state index is 0.205. The Kier molecular flexibility index (Phi) is 8.34. The number of rotatable bonds is 10. The third-order valence-electron chi connectivity index (χ3n) is 5.16. The summed E-state index contributed by atoms with van der Waals surface area (Å²) in [7, 11) is -1.75. The molecule has 3 nitrogen and oxygen atoms in total. The van der Waals surface area contributed by atoms with Crippen molar-refractivity contribution >= 4 is 14.6 Å². The number of aldehydes is 1. The molecule has 0 saturated carbocycles.